The molecule has 1 N–H and O–H groups in total. The van der Waals surface area contributed by atoms with Crippen molar-refractivity contribution in [3.05, 3.63) is 83.4 Å². The Bertz CT molecular complexity index is 769. The van der Waals surface area contributed by atoms with E-state index >= 15 is 0 Å². The van der Waals surface area contributed by atoms with Gasteiger partial charge in [-0.25, -0.2) is 4.79 Å². The minimum atomic E-state index is -0.299. The molecule has 29 heavy (non-hydrogen) atoms. The Morgan fingerprint density at radius 2 is 1.66 bits per heavy atom. The normalized spacial score (nSPS) is 16.0. The number of hydrogen-bond donors (Lipinski definition) is 1. The van der Waals surface area contributed by atoms with Crippen LogP contribution in [0.15, 0.2) is 72.3 Å². The van der Waals surface area contributed by atoms with Gasteiger partial charge < -0.3 is 4.74 Å². The molecule has 1 aliphatic rings. The molecule has 1 saturated heterocycles. The largest absolute Gasteiger partial charge is 0.466 e. The third kappa shape index (κ3) is 7.13. The number of esters is 1. The second-order valence-electron chi connectivity index (χ2n) is 7.38. The van der Waals surface area contributed by atoms with Crippen molar-refractivity contribution in [3.63, 3.8) is 0 Å². The first-order valence-corrected chi connectivity index (χ1v) is 10.2. The molecule has 0 aromatic heterocycles. The summed E-state index contributed by atoms with van der Waals surface area (Å²) in [5, 5.41) is 0. The van der Waals surface area contributed by atoms with Crippen LogP contribution in [0.3, 0.4) is 0 Å². The number of hydrogen-bond acceptors (Lipinski definition) is 5. The molecule has 0 saturated carbocycles. The van der Waals surface area contributed by atoms with Gasteiger partial charge in [-0.15, -0.1) is 0 Å². The predicted octanol–water partition coefficient (Wildman–Crippen LogP) is 3.72. The molecular weight excluding hydrogens is 364 g/mol. The van der Waals surface area contributed by atoms with Gasteiger partial charge >= 0.3 is 5.97 Å². The smallest absolute Gasteiger partial charge is 0.334 e. The van der Waals surface area contributed by atoms with Gasteiger partial charge in [0, 0.05) is 12.1 Å². The molecule has 0 amide bonds. The van der Waals surface area contributed by atoms with Crippen LogP contribution in [0.4, 0.5) is 0 Å². The fourth-order valence-corrected chi connectivity index (χ4v) is 3.57. The van der Waals surface area contributed by atoms with Gasteiger partial charge in [0.1, 0.15) is 0 Å². The molecule has 154 valence electrons. The summed E-state index contributed by atoms with van der Waals surface area (Å²) in [6.07, 6.45) is 4.14. The standard InChI is InChI=1S/C24H30N2O3/c1-28-24(27)23(17-25-29-19-22-10-6-3-7-11-22)16-20-12-14-26(15-13-20)18-21-8-4-2-5-9-21/h2-11,16,20,25H,12-15,17-19H2,1H3/b23-16+. The molecule has 0 radical (unpaired) electrons. The van der Waals surface area contributed by atoms with Crippen molar-refractivity contribution in [2.45, 2.75) is 26.0 Å². The van der Waals surface area contributed by atoms with Crippen LogP contribution in [-0.2, 0) is 27.5 Å². The average molecular weight is 395 g/mol. The minimum Gasteiger partial charge on any atom is -0.466 e. The monoisotopic (exact) mass is 394 g/mol. The van der Waals surface area contributed by atoms with E-state index in [4.69, 9.17) is 9.57 Å². The number of methoxy groups -OCH3 is 1. The molecule has 1 heterocycles. The summed E-state index contributed by atoms with van der Waals surface area (Å²) in [4.78, 5) is 20.1. The lowest BCUT2D eigenvalue weighted by Crippen LogP contribution is -2.33. The van der Waals surface area contributed by atoms with Crippen LogP contribution in [0.5, 0.6) is 0 Å². The minimum absolute atomic E-state index is 0.299. The summed E-state index contributed by atoms with van der Waals surface area (Å²) in [7, 11) is 1.42. The van der Waals surface area contributed by atoms with E-state index in [-0.39, 0.29) is 5.97 Å². The van der Waals surface area contributed by atoms with Crippen LogP contribution in [-0.4, -0.2) is 37.6 Å². The van der Waals surface area contributed by atoms with Crippen LogP contribution in [0, 0.1) is 5.92 Å². The molecule has 1 fully saturated rings. The van der Waals surface area contributed by atoms with E-state index in [9.17, 15) is 4.79 Å². The summed E-state index contributed by atoms with van der Waals surface area (Å²) < 4.78 is 4.96. The lowest BCUT2D eigenvalue weighted by Gasteiger charge is -2.31. The highest BCUT2D eigenvalue weighted by Crippen LogP contribution is 2.21. The number of piperidine rings is 1. The van der Waals surface area contributed by atoms with E-state index in [0.29, 0.717) is 24.6 Å². The highest BCUT2D eigenvalue weighted by Gasteiger charge is 2.20. The number of nitrogens with zero attached hydrogens (tertiary/aromatic N) is 1. The number of ether oxygens (including phenoxy) is 1. The summed E-state index contributed by atoms with van der Waals surface area (Å²) in [5.74, 6) is 0.0829. The first-order chi connectivity index (χ1) is 14.2. The van der Waals surface area contributed by atoms with Crippen LogP contribution in [0.2, 0.25) is 0 Å². The summed E-state index contributed by atoms with van der Waals surface area (Å²) >= 11 is 0. The van der Waals surface area contributed by atoms with E-state index in [2.05, 4.69) is 40.7 Å². The van der Waals surface area contributed by atoms with Crippen molar-refractivity contribution in [2.24, 2.45) is 5.92 Å². The number of rotatable bonds is 9. The van der Waals surface area contributed by atoms with Crippen molar-refractivity contribution in [1.82, 2.24) is 10.4 Å². The van der Waals surface area contributed by atoms with Crippen molar-refractivity contribution in [1.29, 1.82) is 0 Å². The molecule has 0 atom stereocenters. The number of carbonyl (C=O) groups excluding carboxylic acids is 1. The number of allylic oxidation sites excluding steroid dienone is 1. The van der Waals surface area contributed by atoms with Crippen LogP contribution >= 0.6 is 0 Å². The first kappa shape index (κ1) is 21.2. The van der Waals surface area contributed by atoms with Crippen molar-refractivity contribution in [3.8, 4) is 0 Å². The topological polar surface area (TPSA) is 50.8 Å². The highest BCUT2D eigenvalue weighted by atomic mass is 16.6. The van der Waals surface area contributed by atoms with Crippen molar-refractivity contribution in [2.75, 3.05) is 26.7 Å². The van der Waals surface area contributed by atoms with Gasteiger partial charge in [0.05, 0.1) is 20.3 Å². The molecular formula is C24H30N2O3. The fraction of sp³-hybridized carbons (Fsp3) is 0.375. The van der Waals surface area contributed by atoms with Gasteiger partial charge in [-0.1, -0.05) is 66.7 Å². The number of benzene rings is 2. The van der Waals surface area contributed by atoms with Gasteiger partial charge in [0.15, 0.2) is 0 Å². The van der Waals surface area contributed by atoms with Gasteiger partial charge in [0.25, 0.3) is 0 Å². The van der Waals surface area contributed by atoms with Crippen LogP contribution < -0.4 is 5.48 Å². The van der Waals surface area contributed by atoms with E-state index in [1.807, 2.05) is 36.4 Å². The van der Waals surface area contributed by atoms with Crippen molar-refractivity contribution >= 4 is 5.97 Å². The van der Waals surface area contributed by atoms with Crippen molar-refractivity contribution < 1.29 is 14.4 Å². The average Bonchev–Trinajstić information content (AvgIpc) is 2.78. The second-order valence-corrected chi connectivity index (χ2v) is 7.38. The molecule has 2 aromatic carbocycles. The molecule has 1 aliphatic heterocycles. The first-order valence-electron chi connectivity index (χ1n) is 10.2. The number of likely N-dealkylation sites (tertiary alicyclic amines) is 1. The molecule has 5 nitrogen and oxygen atoms in total. The lowest BCUT2D eigenvalue weighted by molar-refractivity contribution is -0.136. The van der Waals surface area contributed by atoms with Gasteiger partial charge in [-0.3, -0.25) is 9.74 Å². The van der Waals surface area contributed by atoms with E-state index in [1.165, 1.54) is 12.7 Å². The Morgan fingerprint density at radius 3 is 2.28 bits per heavy atom. The van der Waals surface area contributed by atoms with E-state index in [0.717, 1.165) is 38.0 Å². The third-order valence-electron chi connectivity index (χ3n) is 5.21. The second kappa shape index (κ2) is 11.5. The van der Waals surface area contributed by atoms with E-state index < -0.39 is 0 Å². The molecule has 0 bridgehead atoms. The molecule has 5 heteroatoms. The van der Waals surface area contributed by atoms with Gasteiger partial charge in [-0.2, -0.15) is 5.48 Å². The molecule has 0 aliphatic carbocycles. The van der Waals surface area contributed by atoms with Gasteiger partial charge in [0.2, 0.25) is 0 Å². The third-order valence-corrected chi connectivity index (χ3v) is 5.21. The SMILES string of the molecule is COC(=O)/C(=C/C1CCN(Cc2ccccc2)CC1)CNOCc1ccccc1. The number of hydroxylamine groups is 1. The zero-order valence-electron chi connectivity index (χ0n) is 17.0. The maximum absolute atomic E-state index is 12.2. The fourth-order valence-electron chi connectivity index (χ4n) is 3.57. The summed E-state index contributed by atoms with van der Waals surface area (Å²) in [6, 6.07) is 20.5. The number of carbonyl (C=O) groups is 1. The quantitative estimate of drug-likeness (QED) is 0.304. The Morgan fingerprint density at radius 1 is 1.03 bits per heavy atom. The van der Waals surface area contributed by atoms with Crippen LogP contribution in [0.1, 0.15) is 24.0 Å². The Kier molecular flexibility index (Phi) is 8.43. The zero-order chi connectivity index (χ0) is 20.3. The summed E-state index contributed by atoms with van der Waals surface area (Å²) in [6.45, 7) is 3.83. The molecule has 2 aromatic rings. The Balaban J connectivity index is 1.46. The Labute approximate surface area is 173 Å². The maximum Gasteiger partial charge on any atom is 0.334 e. The zero-order valence-corrected chi connectivity index (χ0v) is 17.0. The highest BCUT2D eigenvalue weighted by molar-refractivity contribution is 5.88. The van der Waals surface area contributed by atoms with E-state index in [1.54, 1.807) is 0 Å². The lowest BCUT2D eigenvalue weighted by atomic mass is 9.94. The molecule has 0 unspecified atom stereocenters. The molecule has 3 rings (SSSR count). The molecule has 0 spiro atoms. The summed E-state index contributed by atoms with van der Waals surface area (Å²) in [5.41, 5.74) is 5.95. The Hall–Kier alpha value is -2.47. The predicted molar refractivity (Wildman–Crippen MR) is 114 cm³/mol. The maximum atomic E-state index is 12.2. The van der Waals surface area contributed by atoms with Gasteiger partial charge in [-0.05, 0) is 43.0 Å². The number of nitrogens with one attached hydrogen (secondary N) is 1. The van der Waals surface area contributed by atoms with Crippen LogP contribution in [0.25, 0.3) is 0 Å².